The largest absolute Gasteiger partial charge is 0.507 e. The van der Waals surface area contributed by atoms with Crippen molar-refractivity contribution < 1.29 is 14.7 Å². The van der Waals surface area contributed by atoms with Gasteiger partial charge in [0, 0.05) is 10.4 Å². The number of fused-ring (bicyclic) bond motifs is 1. The molecule has 0 aliphatic rings. The maximum atomic E-state index is 12.3. The van der Waals surface area contributed by atoms with Crippen LogP contribution in [0.5, 0.6) is 5.75 Å². The Morgan fingerprint density at radius 2 is 1.78 bits per heavy atom. The SMILES string of the molecule is O=C(CC(=O)c1cc(Cl)ccc1O)c1ccc2ccccc2n1. The van der Waals surface area contributed by atoms with E-state index in [-0.39, 0.29) is 23.4 Å². The quantitative estimate of drug-likeness (QED) is 0.580. The number of para-hydroxylation sites is 1. The normalized spacial score (nSPS) is 10.7. The fourth-order valence-corrected chi connectivity index (χ4v) is 2.46. The summed E-state index contributed by atoms with van der Waals surface area (Å²) in [4.78, 5) is 28.7. The molecule has 1 N–H and O–H groups in total. The Morgan fingerprint density at radius 1 is 1.00 bits per heavy atom. The van der Waals surface area contributed by atoms with Crippen molar-refractivity contribution in [1.82, 2.24) is 4.98 Å². The first-order valence-corrected chi connectivity index (χ1v) is 7.33. The number of pyridine rings is 1. The second kappa shape index (κ2) is 6.18. The number of Topliss-reactive ketones (excluding diaryl/α,β-unsaturated/α-hetero) is 2. The van der Waals surface area contributed by atoms with Gasteiger partial charge < -0.3 is 5.11 Å². The molecule has 0 bridgehead atoms. The van der Waals surface area contributed by atoms with E-state index in [1.165, 1.54) is 18.2 Å². The van der Waals surface area contributed by atoms with E-state index in [1.54, 1.807) is 18.2 Å². The first-order valence-electron chi connectivity index (χ1n) is 6.95. The number of phenols is 1. The van der Waals surface area contributed by atoms with Gasteiger partial charge in [-0.15, -0.1) is 0 Å². The zero-order chi connectivity index (χ0) is 16.4. The van der Waals surface area contributed by atoms with E-state index in [2.05, 4.69) is 4.98 Å². The second-order valence-corrected chi connectivity index (χ2v) is 5.51. The van der Waals surface area contributed by atoms with Gasteiger partial charge in [0.1, 0.15) is 11.4 Å². The molecule has 0 aliphatic heterocycles. The van der Waals surface area contributed by atoms with Crippen LogP contribution in [0, 0.1) is 0 Å². The van der Waals surface area contributed by atoms with Gasteiger partial charge in [-0.25, -0.2) is 4.98 Å². The lowest BCUT2D eigenvalue weighted by Crippen LogP contribution is -2.10. The Labute approximate surface area is 137 Å². The third kappa shape index (κ3) is 3.22. The van der Waals surface area contributed by atoms with E-state index >= 15 is 0 Å². The zero-order valence-electron chi connectivity index (χ0n) is 12.0. The van der Waals surface area contributed by atoms with Crippen LogP contribution in [0.4, 0.5) is 0 Å². The molecule has 0 saturated heterocycles. The van der Waals surface area contributed by atoms with Gasteiger partial charge in [-0.1, -0.05) is 35.9 Å². The van der Waals surface area contributed by atoms with Gasteiger partial charge >= 0.3 is 0 Å². The number of phenolic OH excluding ortho intramolecular Hbond substituents is 1. The number of aromatic nitrogens is 1. The molecule has 4 nitrogen and oxygen atoms in total. The molecule has 0 amide bonds. The lowest BCUT2D eigenvalue weighted by Gasteiger charge is -2.05. The van der Waals surface area contributed by atoms with E-state index < -0.39 is 11.6 Å². The van der Waals surface area contributed by atoms with E-state index in [9.17, 15) is 14.7 Å². The van der Waals surface area contributed by atoms with Gasteiger partial charge in [0.25, 0.3) is 0 Å². The van der Waals surface area contributed by atoms with Crippen molar-refractivity contribution in [3.05, 3.63) is 70.9 Å². The maximum Gasteiger partial charge on any atom is 0.188 e. The number of halogens is 1. The van der Waals surface area contributed by atoms with Crippen molar-refractivity contribution >= 4 is 34.1 Å². The summed E-state index contributed by atoms with van der Waals surface area (Å²) in [6.07, 6.45) is -0.376. The Hall–Kier alpha value is -2.72. The van der Waals surface area contributed by atoms with E-state index in [4.69, 9.17) is 11.6 Å². The molecule has 0 radical (unpaired) electrons. The molecular formula is C18H12ClNO3. The van der Waals surface area contributed by atoms with Gasteiger partial charge in [0.2, 0.25) is 0 Å². The minimum absolute atomic E-state index is 0.0339. The fourth-order valence-electron chi connectivity index (χ4n) is 2.28. The van der Waals surface area contributed by atoms with Crippen molar-refractivity contribution in [2.75, 3.05) is 0 Å². The highest BCUT2D eigenvalue weighted by Crippen LogP contribution is 2.23. The summed E-state index contributed by atoms with van der Waals surface area (Å²) < 4.78 is 0. The fraction of sp³-hybridized carbons (Fsp3) is 0.0556. The third-order valence-electron chi connectivity index (χ3n) is 3.46. The minimum atomic E-state index is -0.495. The molecule has 3 rings (SSSR count). The van der Waals surface area contributed by atoms with Crippen molar-refractivity contribution in [3.63, 3.8) is 0 Å². The van der Waals surface area contributed by atoms with Gasteiger partial charge in [0.15, 0.2) is 11.6 Å². The molecule has 0 saturated carbocycles. The van der Waals surface area contributed by atoms with Crippen LogP contribution in [0.1, 0.15) is 27.3 Å². The molecule has 5 heteroatoms. The molecule has 0 aliphatic carbocycles. The summed E-state index contributed by atoms with van der Waals surface area (Å²) in [5.41, 5.74) is 0.946. The van der Waals surface area contributed by atoms with Crippen LogP contribution in [-0.4, -0.2) is 21.7 Å². The number of aromatic hydroxyl groups is 1. The molecule has 23 heavy (non-hydrogen) atoms. The number of carbonyl (C=O) groups excluding carboxylic acids is 2. The summed E-state index contributed by atoms with van der Waals surface area (Å²) >= 11 is 5.82. The number of carbonyl (C=O) groups is 2. The molecule has 1 heterocycles. The molecule has 0 unspecified atom stereocenters. The maximum absolute atomic E-state index is 12.3. The Bertz CT molecular complexity index is 921. The number of hydrogen-bond donors (Lipinski definition) is 1. The molecule has 3 aromatic rings. The highest BCUT2D eigenvalue weighted by atomic mass is 35.5. The molecule has 0 atom stereocenters. The van der Waals surface area contributed by atoms with Crippen molar-refractivity contribution in [2.45, 2.75) is 6.42 Å². The van der Waals surface area contributed by atoms with Crippen LogP contribution in [0.25, 0.3) is 10.9 Å². The van der Waals surface area contributed by atoms with Crippen LogP contribution in [0.2, 0.25) is 5.02 Å². The third-order valence-corrected chi connectivity index (χ3v) is 3.70. The average Bonchev–Trinajstić information content (AvgIpc) is 2.56. The zero-order valence-corrected chi connectivity index (χ0v) is 12.7. The average molecular weight is 326 g/mol. The van der Waals surface area contributed by atoms with Crippen LogP contribution in [0.3, 0.4) is 0 Å². The Balaban J connectivity index is 1.85. The lowest BCUT2D eigenvalue weighted by molar-refractivity contribution is 0.0890. The molecule has 0 spiro atoms. The van der Waals surface area contributed by atoms with E-state index in [1.807, 2.05) is 18.2 Å². The monoisotopic (exact) mass is 325 g/mol. The topological polar surface area (TPSA) is 67.3 Å². The van der Waals surface area contributed by atoms with Gasteiger partial charge in [0.05, 0.1) is 17.5 Å². The standard InChI is InChI=1S/C18H12ClNO3/c19-12-6-8-16(21)13(9-12)17(22)10-18(23)15-7-5-11-3-1-2-4-14(11)20-15/h1-9,21H,10H2. The van der Waals surface area contributed by atoms with Gasteiger partial charge in [-0.2, -0.15) is 0 Å². The van der Waals surface area contributed by atoms with E-state index in [0.717, 1.165) is 5.39 Å². The van der Waals surface area contributed by atoms with Crippen LogP contribution in [0.15, 0.2) is 54.6 Å². The molecular weight excluding hydrogens is 314 g/mol. The summed E-state index contributed by atoms with van der Waals surface area (Å²) in [6, 6.07) is 14.9. The Morgan fingerprint density at radius 3 is 2.61 bits per heavy atom. The number of hydrogen-bond acceptors (Lipinski definition) is 4. The van der Waals surface area contributed by atoms with Gasteiger partial charge in [-0.3, -0.25) is 9.59 Å². The van der Waals surface area contributed by atoms with Crippen molar-refractivity contribution in [1.29, 1.82) is 0 Å². The predicted molar refractivity (Wildman–Crippen MR) is 88.1 cm³/mol. The van der Waals surface area contributed by atoms with Gasteiger partial charge in [-0.05, 0) is 30.3 Å². The number of nitrogens with zero attached hydrogens (tertiary/aromatic N) is 1. The van der Waals surface area contributed by atoms with Crippen molar-refractivity contribution in [3.8, 4) is 5.75 Å². The molecule has 114 valence electrons. The second-order valence-electron chi connectivity index (χ2n) is 5.07. The van der Waals surface area contributed by atoms with E-state index in [0.29, 0.717) is 10.5 Å². The highest BCUT2D eigenvalue weighted by molar-refractivity contribution is 6.31. The van der Waals surface area contributed by atoms with Crippen LogP contribution < -0.4 is 0 Å². The summed E-state index contributed by atoms with van der Waals surface area (Å²) in [5, 5.41) is 11.0. The highest BCUT2D eigenvalue weighted by Gasteiger charge is 2.18. The van der Waals surface area contributed by atoms with Crippen molar-refractivity contribution in [2.24, 2.45) is 0 Å². The molecule has 1 aromatic heterocycles. The summed E-state index contributed by atoms with van der Waals surface area (Å²) in [5.74, 6) is -1.09. The lowest BCUT2D eigenvalue weighted by atomic mass is 10.0. The first-order chi connectivity index (χ1) is 11.0. The van der Waals surface area contributed by atoms with Crippen LogP contribution in [-0.2, 0) is 0 Å². The minimum Gasteiger partial charge on any atom is -0.507 e. The first kappa shape index (κ1) is 15.2. The number of ketones is 2. The summed E-state index contributed by atoms with van der Waals surface area (Å²) in [7, 11) is 0. The number of benzene rings is 2. The smallest absolute Gasteiger partial charge is 0.188 e. The molecule has 2 aromatic carbocycles. The predicted octanol–water partition coefficient (Wildman–Crippen LogP) is 4.05. The van der Waals surface area contributed by atoms with Crippen LogP contribution >= 0.6 is 11.6 Å². The number of rotatable bonds is 4. The Kier molecular flexibility index (Phi) is 4.08. The summed E-state index contributed by atoms with van der Waals surface area (Å²) in [6.45, 7) is 0. The molecule has 0 fully saturated rings.